The van der Waals surface area contributed by atoms with E-state index in [0.29, 0.717) is 4.90 Å². The van der Waals surface area contributed by atoms with E-state index in [2.05, 4.69) is 13.2 Å². The first-order valence-corrected chi connectivity index (χ1v) is 8.78. The Morgan fingerprint density at radius 2 is 1.52 bits per heavy atom. The second kappa shape index (κ2) is 6.98. The van der Waals surface area contributed by atoms with Gasteiger partial charge >= 0.3 is 0 Å². The van der Waals surface area contributed by atoms with Crippen molar-refractivity contribution < 1.29 is 8.42 Å². The maximum absolute atomic E-state index is 13.0. The number of nitrogens with zero attached hydrogens (tertiary/aromatic N) is 2. The fourth-order valence-corrected chi connectivity index (χ4v) is 4.17. The van der Waals surface area contributed by atoms with Gasteiger partial charge in [-0.25, -0.2) is 8.42 Å². The maximum atomic E-state index is 13.0. The molecule has 0 heterocycles. The van der Waals surface area contributed by atoms with Gasteiger partial charge in [0.2, 0.25) is 10.0 Å². The van der Waals surface area contributed by atoms with E-state index in [1.807, 2.05) is 43.3 Å². The van der Waals surface area contributed by atoms with E-state index in [1.165, 1.54) is 4.31 Å². The Morgan fingerprint density at radius 3 is 2.09 bits per heavy atom. The Balaban J connectivity index is 2.70. The van der Waals surface area contributed by atoms with Gasteiger partial charge in [-0.1, -0.05) is 36.4 Å². The third-order valence-corrected chi connectivity index (χ3v) is 5.51. The van der Waals surface area contributed by atoms with Gasteiger partial charge in [-0.15, -0.1) is 13.2 Å². The number of sulfonamides is 1. The molecule has 0 N–H and O–H groups in total. The molecule has 0 aliphatic heterocycles. The highest BCUT2D eigenvalue weighted by molar-refractivity contribution is 7.89. The summed E-state index contributed by atoms with van der Waals surface area (Å²) in [5, 5.41) is 1.63. The first-order chi connectivity index (χ1) is 10.9. The summed E-state index contributed by atoms with van der Waals surface area (Å²) in [4.78, 5) is 2.28. The lowest BCUT2D eigenvalue weighted by molar-refractivity contribution is 0.475. The van der Waals surface area contributed by atoms with Crippen molar-refractivity contribution in [2.24, 2.45) is 0 Å². The monoisotopic (exact) mass is 330 g/mol. The second-order valence-corrected chi connectivity index (χ2v) is 7.33. The Labute approximate surface area is 138 Å². The standard InChI is InChI=1S/C18H22N2O2S/c1-5-13-20(14-6-2)23(21,22)18-12-8-9-15-16(18)10-7-11-17(15)19(3)4/h5-12H,1-2,13-14H2,3-4H3. The van der Waals surface area contributed by atoms with Crippen molar-refractivity contribution in [3.05, 3.63) is 61.7 Å². The molecular weight excluding hydrogens is 308 g/mol. The summed E-state index contributed by atoms with van der Waals surface area (Å²) >= 11 is 0. The lowest BCUT2D eigenvalue weighted by Gasteiger charge is -2.21. The van der Waals surface area contributed by atoms with Crippen molar-refractivity contribution in [3.63, 3.8) is 0 Å². The number of fused-ring (bicyclic) bond motifs is 1. The molecule has 122 valence electrons. The first-order valence-electron chi connectivity index (χ1n) is 7.34. The Kier molecular flexibility index (Phi) is 5.23. The van der Waals surface area contributed by atoms with E-state index in [-0.39, 0.29) is 13.1 Å². The van der Waals surface area contributed by atoms with E-state index in [1.54, 1.807) is 24.3 Å². The van der Waals surface area contributed by atoms with Crippen LogP contribution in [0.5, 0.6) is 0 Å². The van der Waals surface area contributed by atoms with Crippen LogP contribution >= 0.6 is 0 Å². The van der Waals surface area contributed by atoms with Crippen molar-refractivity contribution in [1.82, 2.24) is 4.31 Å². The predicted octanol–water partition coefficient (Wildman–Crippen LogP) is 3.27. The third-order valence-electron chi connectivity index (χ3n) is 3.62. The molecule has 2 rings (SSSR count). The predicted molar refractivity (Wildman–Crippen MR) is 97.4 cm³/mol. The summed E-state index contributed by atoms with van der Waals surface area (Å²) in [6.07, 6.45) is 3.16. The van der Waals surface area contributed by atoms with Crippen LogP contribution < -0.4 is 4.90 Å². The lowest BCUT2D eigenvalue weighted by Crippen LogP contribution is -2.31. The molecule has 0 saturated carbocycles. The molecule has 0 bridgehead atoms. The molecule has 0 amide bonds. The van der Waals surface area contributed by atoms with Crippen LogP contribution in [0.15, 0.2) is 66.6 Å². The number of anilines is 1. The average molecular weight is 330 g/mol. The minimum Gasteiger partial charge on any atom is -0.377 e. The van der Waals surface area contributed by atoms with Crippen molar-refractivity contribution in [2.75, 3.05) is 32.1 Å². The SMILES string of the molecule is C=CCN(CC=C)S(=O)(=O)c1cccc2c(N(C)C)cccc12. The molecule has 0 unspecified atom stereocenters. The normalized spacial score (nSPS) is 11.6. The van der Waals surface area contributed by atoms with Gasteiger partial charge in [-0.2, -0.15) is 4.31 Å². The van der Waals surface area contributed by atoms with Gasteiger partial charge in [0.25, 0.3) is 0 Å². The summed E-state index contributed by atoms with van der Waals surface area (Å²) in [6.45, 7) is 7.78. The largest absolute Gasteiger partial charge is 0.377 e. The van der Waals surface area contributed by atoms with E-state index in [9.17, 15) is 8.42 Å². The summed E-state index contributed by atoms with van der Waals surface area (Å²) in [6, 6.07) is 11.1. The molecule has 2 aromatic carbocycles. The number of rotatable bonds is 7. The molecule has 2 aromatic rings. The zero-order valence-electron chi connectivity index (χ0n) is 13.6. The van der Waals surface area contributed by atoms with Gasteiger partial charge in [-0.3, -0.25) is 0 Å². The van der Waals surface area contributed by atoms with Crippen molar-refractivity contribution in [1.29, 1.82) is 0 Å². The zero-order chi connectivity index (χ0) is 17.0. The molecule has 0 aliphatic carbocycles. The van der Waals surface area contributed by atoms with Gasteiger partial charge in [0.1, 0.15) is 0 Å². The van der Waals surface area contributed by atoms with Crippen LogP contribution in [0.1, 0.15) is 0 Å². The Hall–Kier alpha value is -2.11. The zero-order valence-corrected chi connectivity index (χ0v) is 14.4. The quantitative estimate of drug-likeness (QED) is 0.732. The summed E-state index contributed by atoms with van der Waals surface area (Å²) in [5.41, 5.74) is 0.985. The molecule has 4 nitrogen and oxygen atoms in total. The molecule has 23 heavy (non-hydrogen) atoms. The van der Waals surface area contributed by atoms with Crippen LogP contribution in [0.25, 0.3) is 10.8 Å². The fourth-order valence-electron chi connectivity index (χ4n) is 2.58. The van der Waals surface area contributed by atoms with E-state index >= 15 is 0 Å². The van der Waals surface area contributed by atoms with Crippen LogP contribution in [0.3, 0.4) is 0 Å². The van der Waals surface area contributed by atoms with Crippen LogP contribution in [0.2, 0.25) is 0 Å². The Bertz CT molecular complexity index is 816. The molecule has 0 radical (unpaired) electrons. The van der Waals surface area contributed by atoms with Gasteiger partial charge in [0.05, 0.1) is 4.90 Å². The number of benzene rings is 2. The molecule has 0 atom stereocenters. The highest BCUT2D eigenvalue weighted by Crippen LogP contribution is 2.31. The number of hydrogen-bond acceptors (Lipinski definition) is 3. The Morgan fingerprint density at radius 1 is 0.957 bits per heavy atom. The van der Waals surface area contributed by atoms with E-state index < -0.39 is 10.0 Å². The maximum Gasteiger partial charge on any atom is 0.244 e. The summed E-state index contributed by atoms with van der Waals surface area (Å²) in [7, 11) is 0.262. The van der Waals surface area contributed by atoms with Gasteiger partial charge < -0.3 is 4.90 Å². The fraction of sp³-hybridized carbons (Fsp3) is 0.222. The van der Waals surface area contributed by atoms with Crippen LogP contribution in [-0.2, 0) is 10.0 Å². The summed E-state index contributed by atoms with van der Waals surface area (Å²) in [5.74, 6) is 0. The second-order valence-electron chi connectivity index (χ2n) is 5.42. The van der Waals surface area contributed by atoms with Crippen LogP contribution in [0, 0.1) is 0 Å². The molecule has 0 aliphatic rings. The average Bonchev–Trinajstić information content (AvgIpc) is 2.53. The van der Waals surface area contributed by atoms with Gasteiger partial charge in [0, 0.05) is 43.6 Å². The molecular formula is C18H22N2O2S. The molecule has 0 spiro atoms. The van der Waals surface area contributed by atoms with Crippen molar-refractivity contribution in [2.45, 2.75) is 4.90 Å². The minimum atomic E-state index is -3.62. The molecule has 0 saturated heterocycles. The van der Waals surface area contributed by atoms with Crippen molar-refractivity contribution >= 4 is 26.5 Å². The van der Waals surface area contributed by atoms with E-state index in [4.69, 9.17) is 0 Å². The van der Waals surface area contributed by atoms with Crippen LogP contribution in [-0.4, -0.2) is 39.9 Å². The van der Waals surface area contributed by atoms with Crippen LogP contribution in [0.4, 0.5) is 5.69 Å². The number of hydrogen-bond donors (Lipinski definition) is 0. The van der Waals surface area contributed by atoms with Crippen molar-refractivity contribution in [3.8, 4) is 0 Å². The molecule has 0 aromatic heterocycles. The van der Waals surface area contributed by atoms with Gasteiger partial charge in [-0.05, 0) is 12.1 Å². The van der Waals surface area contributed by atoms with Gasteiger partial charge in [0.15, 0.2) is 0 Å². The summed E-state index contributed by atoms with van der Waals surface area (Å²) < 4.78 is 27.4. The highest BCUT2D eigenvalue weighted by Gasteiger charge is 2.24. The minimum absolute atomic E-state index is 0.248. The first kappa shape index (κ1) is 17.2. The third kappa shape index (κ3) is 3.30. The topological polar surface area (TPSA) is 40.6 Å². The smallest absolute Gasteiger partial charge is 0.244 e. The molecule has 0 fully saturated rings. The highest BCUT2D eigenvalue weighted by atomic mass is 32.2. The lowest BCUT2D eigenvalue weighted by atomic mass is 10.1. The van der Waals surface area contributed by atoms with E-state index in [0.717, 1.165) is 16.5 Å². The molecule has 5 heteroatoms.